The highest BCUT2D eigenvalue weighted by Gasteiger charge is 2.16. The quantitative estimate of drug-likeness (QED) is 0.539. The van der Waals surface area contributed by atoms with E-state index in [9.17, 15) is 5.11 Å². The number of benzene rings is 2. The zero-order valence-corrected chi connectivity index (χ0v) is 12.2. The predicted molar refractivity (Wildman–Crippen MR) is 87.7 cm³/mol. The minimum Gasteiger partial charge on any atom is -0.382 e. The van der Waals surface area contributed by atoms with Gasteiger partial charge in [0, 0.05) is 19.2 Å². The van der Waals surface area contributed by atoms with Crippen LogP contribution in [0.2, 0.25) is 0 Å². The first-order valence-corrected chi connectivity index (χ1v) is 8.09. The molecule has 1 N–H and O–H groups in total. The second-order valence-electron chi connectivity index (χ2n) is 4.78. The fourth-order valence-corrected chi connectivity index (χ4v) is 4.63. The summed E-state index contributed by atoms with van der Waals surface area (Å²) in [5, 5.41) is 13.0. The van der Waals surface area contributed by atoms with E-state index in [1.807, 2.05) is 24.3 Å². The molecule has 4 rings (SSSR count). The summed E-state index contributed by atoms with van der Waals surface area (Å²) in [6.07, 6.45) is -0.523. The number of aliphatic hydroxyl groups excluding tert-OH is 1. The number of rotatable bonds is 2. The Morgan fingerprint density at radius 3 is 1.60 bits per heavy atom. The number of fused-ring (bicyclic) bond motifs is 2. The van der Waals surface area contributed by atoms with Gasteiger partial charge in [-0.25, -0.2) is 0 Å². The van der Waals surface area contributed by atoms with Crippen molar-refractivity contribution < 1.29 is 5.11 Å². The van der Waals surface area contributed by atoms with Crippen LogP contribution in [-0.4, -0.2) is 5.11 Å². The summed E-state index contributed by atoms with van der Waals surface area (Å²) in [5.74, 6) is 0. The van der Waals surface area contributed by atoms with Crippen LogP contribution in [0.15, 0.2) is 60.7 Å². The Balaban J connectivity index is 1.80. The summed E-state index contributed by atoms with van der Waals surface area (Å²) in [6, 6.07) is 20.7. The summed E-state index contributed by atoms with van der Waals surface area (Å²) in [5.41, 5.74) is 0. The molecule has 98 valence electrons. The summed E-state index contributed by atoms with van der Waals surface area (Å²) in [7, 11) is 0. The lowest BCUT2D eigenvalue weighted by atomic mass is 10.2. The summed E-state index contributed by atoms with van der Waals surface area (Å²) in [4.78, 5) is 2.02. The van der Waals surface area contributed by atoms with Crippen LogP contribution in [0.1, 0.15) is 15.9 Å². The Morgan fingerprint density at radius 2 is 1.15 bits per heavy atom. The van der Waals surface area contributed by atoms with Gasteiger partial charge in [0.25, 0.3) is 0 Å². The maximum atomic E-state index is 10.6. The highest BCUT2D eigenvalue weighted by molar-refractivity contribution is 7.20. The van der Waals surface area contributed by atoms with Gasteiger partial charge in [-0.3, -0.25) is 0 Å². The molecule has 2 aromatic carbocycles. The summed E-state index contributed by atoms with van der Waals surface area (Å²) >= 11 is 3.33. The molecule has 0 aliphatic heterocycles. The van der Waals surface area contributed by atoms with E-state index in [0.717, 1.165) is 9.75 Å². The van der Waals surface area contributed by atoms with Crippen molar-refractivity contribution in [3.8, 4) is 0 Å². The average molecular weight is 296 g/mol. The highest BCUT2D eigenvalue weighted by Crippen LogP contribution is 2.37. The standard InChI is InChI=1S/C17H12OS2/c18-17(15-9-11-5-1-3-7-13(11)19-15)16-10-12-6-2-4-8-14(12)20-16/h1-10,17-18H. The minimum atomic E-state index is -0.523. The maximum absolute atomic E-state index is 10.6. The number of aliphatic hydroxyl groups is 1. The highest BCUT2D eigenvalue weighted by atomic mass is 32.1. The largest absolute Gasteiger partial charge is 0.382 e. The molecule has 2 aromatic heterocycles. The minimum absolute atomic E-state index is 0.523. The molecule has 20 heavy (non-hydrogen) atoms. The van der Waals surface area contributed by atoms with Gasteiger partial charge < -0.3 is 5.11 Å². The Hall–Kier alpha value is -1.68. The van der Waals surface area contributed by atoms with E-state index in [2.05, 4.69) is 36.4 Å². The Kier molecular flexibility index (Phi) is 2.84. The van der Waals surface area contributed by atoms with Gasteiger partial charge >= 0.3 is 0 Å². The fourth-order valence-electron chi connectivity index (χ4n) is 2.41. The fraction of sp³-hybridized carbons (Fsp3) is 0.0588. The maximum Gasteiger partial charge on any atom is 0.122 e. The molecule has 1 nitrogen and oxygen atoms in total. The molecule has 3 heteroatoms. The van der Waals surface area contributed by atoms with Crippen molar-refractivity contribution in [1.82, 2.24) is 0 Å². The molecule has 0 radical (unpaired) electrons. The topological polar surface area (TPSA) is 20.2 Å². The van der Waals surface area contributed by atoms with Gasteiger partial charge in [-0.15, -0.1) is 22.7 Å². The van der Waals surface area contributed by atoms with E-state index >= 15 is 0 Å². The average Bonchev–Trinajstić information content (AvgIpc) is 3.10. The molecule has 0 bridgehead atoms. The van der Waals surface area contributed by atoms with Crippen LogP contribution in [-0.2, 0) is 0 Å². The van der Waals surface area contributed by atoms with Crippen molar-refractivity contribution >= 4 is 42.8 Å². The lowest BCUT2D eigenvalue weighted by molar-refractivity contribution is 0.228. The van der Waals surface area contributed by atoms with Crippen molar-refractivity contribution in [2.45, 2.75) is 6.10 Å². The third kappa shape index (κ3) is 1.95. The smallest absolute Gasteiger partial charge is 0.122 e. The zero-order chi connectivity index (χ0) is 13.5. The molecule has 0 spiro atoms. The lowest BCUT2D eigenvalue weighted by Gasteiger charge is -2.04. The van der Waals surface area contributed by atoms with E-state index in [1.54, 1.807) is 22.7 Å². The SMILES string of the molecule is OC(c1cc2ccccc2s1)c1cc2ccccc2s1. The molecule has 0 amide bonds. The van der Waals surface area contributed by atoms with Gasteiger partial charge in [0.15, 0.2) is 0 Å². The summed E-state index contributed by atoms with van der Waals surface area (Å²) in [6.45, 7) is 0. The van der Waals surface area contributed by atoms with Gasteiger partial charge in [0.2, 0.25) is 0 Å². The van der Waals surface area contributed by atoms with Crippen molar-refractivity contribution in [3.05, 3.63) is 70.4 Å². The second-order valence-corrected chi connectivity index (χ2v) is 7.01. The lowest BCUT2D eigenvalue weighted by Crippen LogP contribution is -1.92. The van der Waals surface area contributed by atoms with Crippen LogP contribution in [0, 0.1) is 0 Å². The van der Waals surface area contributed by atoms with Crippen molar-refractivity contribution in [1.29, 1.82) is 0 Å². The van der Waals surface area contributed by atoms with Gasteiger partial charge in [-0.2, -0.15) is 0 Å². The van der Waals surface area contributed by atoms with E-state index in [1.165, 1.54) is 20.2 Å². The predicted octanol–water partition coefficient (Wildman–Crippen LogP) is 5.20. The summed E-state index contributed by atoms with van der Waals surface area (Å²) < 4.78 is 2.45. The number of hydrogen-bond acceptors (Lipinski definition) is 3. The monoisotopic (exact) mass is 296 g/mol. The molecule has 2 heterocycles. The molecular formula is C17H12OS2. The third-order valence-electron chi connectivity index (χ3n) is 3.43. The molecule has 4 aromatic rings. The van der Waals surface area contributed by atoms with Gasteiger partial charge in [-0.05, 0) is 35.0 Å². The second kappa shape index (κ2) is 4.70. The molecule has 0 fully saturated rings. The zero-order valence-electron chi connectivity index (χ0n) is 10.6. The molecule has 0 saturated heterocycles. The first-order chi connectivity index (χ1) is 9.81. The van der Waals surface area contributed by atoms with Crippen LogP contribution >= 0.6 is 22.7 Å². The van der Waals surface area contributed by atoms with Crippen LogP contribution in [0.25, 0.3) is 20.2 Å². The third-order valence-corrected chi connectivity index (χ3v) is 5.77. The van der Waals surface area contributed by atoms with Crippen molar-refractivity contribution in [2.75, 3.05) is 0 Å². The van der Waals surface area contributed by atoms with Crippen LogP contribution < -0.4 is 0 Å². The Morgan fingerprint density at radius 1 is 0.700 bits per heavy atom. The van der Waals surface area contributed by atoms with Gasteiger partial charge in [-0.1, -0.05) is 36.4 Å². The molecule has 0 atom stereocenters. The first-order valence-electron chi connectivity index (χ1n) is 6.46. The number of hydrogen-bond donors (Lipinski definition) is 1. The van der Waals surface area contributed by atoms with Crippen LogP contribution in [0.5, 0.6) is 0 Å². The molecule has 0 unspecified atom stereocenters. The van der Waals surface area contributed by atoms with Gasteiger partial charge in [0.1, 0.15) is 6.10 Å². The van der Waals surface area contributed by atoms with E-state index in [-0.39, 0.29) is 0 Å². The normalized spacial score (nSPS) is 11.7. The molecular weight excluding hydrogens is 284 g/mol. The Bertz CT molecular complexity index is 748. The van der Waals surface area contributed by atoms with Crippen LogP contribution in [0.4, 0.5) is 0 Å². The van der Waals surface area contributed by atoms with Crippen LogP contribution in [0.3, 0.4) is 0 Å². The van der Waals surface area contributed by atoms with E-state index in [4.69, 9.17) is 0 Å². The molecule has 0 aliphatic rings. The Labute approximate surface area is 124 Å². The van der Waals surface area contributed by atoms with Crippen molar-refractivity contribution in [2.24, 2.45) is 0 Å². The molecule has 0 saturated carbocycles. The molecule has 0 aliphatic carbocycles. The van der Waals surface area contributed by atoms with Crippen molar-refractivity contribution in [3.63, 3.8) is 0 Å². The number of thiophene rings is 2. The van der Waals surface area contributed by atoms with E-state index in [0.29, 0.717) is 0 Å². The van der Waals surface area contributed by atoms with Gasteiger partial charge in [0.05, 0.1) is 0 Å². The first kappa shape index (κ1) is 12.1. The van der Waals surface area contributed by atoms with E-state index < -0.39 is 6.10 Å².